The third-order valence-corrected chi connectivity index (χ3v) is 3.51. The zero-order valence-electron chi connectivity index (χ0n) is 10.4. The molecular formula is C13H15FN2OS. The molecule has 96 valence electrons. The number of benzene rings is 1. The molecule has 1 aromatic heterocycles. The second kappa shape index (κ2) is 5.82. The summed E-state index contributed by atoms with van der Waals surface area (Å²) in [5, 5.41) is 6.29. The summed E-state index contributed by atoms with van der Waals surface area (Å²) in [5.74, 6) is -0.0938. The lowest BCUT2D eigenvalue weighted by Gasteiger charge is -2.07. The van der Waals surface area contributed by atoms with E-state index in [1.807, 2.05) is 12.3 Å². The lowest BCUT2D eigenvalue weighted by molar-refractivity contribution is 0.386. The summed E-state index contributed by atoms with van der Waals surface area (Å²) in [6, 6.07) is 4.85. The topological polar surface area (TPSA) is 34.1 Å². The van der Waals surface area contributed by atoms with Gasteiger partial charge in [-0.05, 0) is 19.1 Å². The van der Waals surface area contributed by atoms with E-state index >= 15 is 0 Å². The van der Waals surface area contributed by atoms with Gasteiger partial charge in [0.1, 0.15) is 0 Å². The summed E-state index contributed by atoms with van der Waals surface area (Å²) in [7, 11) is 1.45. The van der Waals surface area contributed by atoms with Crippen LogP contribution in [0.2, 0.25) is 0 Å². The first kappa shape index (κ1) is 12.8. The molecule has 0 aliphatic heterocycles. The Bertz CT molecular complexity index is 527. The number of anilines is 1. The second-order valence-electron chi connectivity index (χ2n) is 3.91. The van der Waals surface area contributed by atoms with Crippen molar-refractivity contribution in [1.29, 1.82) is 0 Å². The maximum Gasteiger partial charge on any atom is 0.167 e. The molecule has 0 amide bonds. The molecule has 1 N–H and O–H groups in total. The van der Waals surface area contributed by atoms with Crippen LogP contribution in [0.3, 0.4) is 0 Å². The second-order valence-corrected chi connectivity index (χ2v) is 4.85. The monoisotopic (exact) mass is 266 g/mol. The van der Waals surface area contributed by atoms with E-state index in [-0.39, 0.29) is 11.6 Å². The van der Waals surface area contributed by atoms with Crippen molar-refractivity contribution in [3.05, 3.63) is 40.1 Å². The van der Waals surface area contributed by atoms with Crippen molar-refractivity contribution in [3.8, 4) is 5.75 Å². The Hall–Kier alpha value is -1.62. The molecule has 0 radical (unpaired) electrons. The number of halogens is 1. The number of aromatic nitrogens is 1. The molecule has 1 aromatic carbocycles. The zero-order valence-corrected chi connectivity index (χ0v) is 11.2. The highest BCUT2D eigenvalue weighted by Crippen LogP contribution is 2.20. The molecular weight excluding hydrogens is 251 g/mol. The Labute approximate surface area is 110 Å². The molecule has 5 heteroatoms. The van der Waals surface area contributed by atoms with Crippen LogP contribution in [0.15, 0.2) is 23.6 Å². The van der Waals surface area contributed by atoms with Crippen LogP contribution in [0, 0.1) is 12.7 Å². The highest BCUT2D eigenvalue weighted by atomic mass is 32.1. The van der Waals surface area contributed by atoms with Crippen molar-refractivity contribution in [2.24, 2.45) is 0 Å². The first-order valence-electron chi connectivity index (χ1n) is 5.67. The van der Waals surface area contributed by atoms with Gasteiger partial charge in [-0.1, -0.05) is 0 Å². The number of ether oxygens (including phenoxy) is 1. The van der Waals surface area contributed by atoms with Gasteiger partial charge in [0.25, 0.3) is 0 Å². The molecule has 2 aromatic rings. The predicted molar refractivity (Wildman–Crippen MR) is 72.0 cm³/mol. The van der Waals surface area contributed by atoms with E-state index in [9.17, 15) is 4.39 Å². The fourth-order valence-corrected chi connectivity index (χ4v) is 2.38. The summed E-state index contributed by atoms with van der Waals surface area (Å²) in [6.07, 6.45) is 0.839. The molecule has 0 aliphatic rings. The van der Waals surface area contributed by atoms with Crippen LogP contribution >= 0.6 is 11.3 Å². The standard InChI is InChI=1S/C13H15FN2OS/c1-9-8-18-13(16-9)5-6-15-10-3-4-12(17-2)11(14)7-10/h3-4,7-8,15H,5-6H2,1-2H3. The minimum atomic E-state index is -0.354. The van der Waals surface area contributed by atoms with Gasteiger partial charge in [-0.15, -0.1) is 11.3 Å². The quantitative estimate of drug-likeness (QED) is 0.902. The van der Waals surface area contributed by atoms with Gasteiger partial charge in [0.05, 0.1) is 12.1 Å². The SMILES string of the molecule is COc1ccc(NCCc2nc(C)cs2)cc1F. The van der Waals surface area contributed by atoms with Crippen molar-refractivity contribution in [2.45, 2.75) is 13.3 Å². The summed E-state index contributed by atoms with van der Waals surface area (Å²) in [5.41, 5.74) is 1.80. The van der Waals surface area contributed by atoms with Gasteiger partial charge >= 0.3 is 0 Å². The average molecular weight is 266 g/mol. The molecule has 3 nitrogen and oxygen atoms in total. The Morgan fingerprint density at radius 3 is 2.89 bits per heavy atom. The van der Waals surface area contributed by atoms with E-state index in [4.69, 9.17) is 4.74 Å². The van der Waals surface area contributed by atoms with Crippen LogP contribution in [0.25, 0.3) is 0 Å². The van der Waals surface area contributed by atoms with Crippen molar-refractivity contribution in [2.75, 3.05) is 19.0 Å². The van der Waals surface area contributed by atoms with Crippen LogP contribution in [0.4, 0.5) is 10.1 Å². The van der Waals surface area contributed by atoms with Crippen LogP contribution in [0.5, 0.6) is 5.75 Å². The van der Waals surface area contributed by atoms with E-state index in [0.29, 0.717) is 0 Å². The van der Waals surface area contributed by atoms with Gasteiger partial charge in [0.2, 0.25) is 0 Å². The van der Waals surface area contributed by atoms with E-state index in [1.165, 1.54) is 13.2 Å². The molecule has 0 bridgehead atoms. The minimum Gasteiger partial charge on any atom is -0.494 e. The number of hydrogen-bond donors (Lipinski definition) is 1. The summed E-state index contributed by atoms with van der Waals surface area (Å²) >= 11 is 1.65. The van der Waals surface area contributed by atoms with Gasteiger partial charge in [-0.2, -0.15) is 0 Å². The van der Waals surface area contributed by atoms with Gasteiger partial charge in [-0.3, -0.25) is 0 Å². The third kappa shape index (κ3) is 3.20. The largest absolute Gasteiger partial charge is 0.494 e. The molecule has 18 heavy (non-hydrogen) atoms. The summed E-state index contributed by atoms with van der Waals surface area (Å²) in [6.45, 7) is 2.71. The fraction of sp³-hybridized carbons (Fsp3) is 0.308. The Morgan fingerprint density at radius 1 is 1.44 bits per heavy atom. The molecule has 0 saturated heterocycles. The highest BCUT2D eigenvalue weighted by molar-refractivity contribution is 7.09. The van der Waals surface area contributed by atoms with E-state index in [0.717, 1.165) is 29.4 Å². The third-order valence-electron chi connectivity index (χ3n) is 2.49. The normalized spacial score (nSPS) is 10.4. The molecule has 1 heterocycles. The number of aryl methyl sites for hydroxylation is 1. The van der Waals surface area contributed by atoms with Crippen LogP contribution in [-0.2, 0) is 6.42 Å². The predicted octanol–water partition coefficient (Wildman–Crippen LogP) is 3.25. The van der Waals surface area contributed by atoms with Crippen molar-refractivity contribution in [3.63, 3.8) is 0 Å². The summed E-state index contributed by atoms with van der Waals surface area (Å²) in [4.78, 5) is 4.37. The number of rotatable bonds is 5. The number of hydrogen-bond acceptors (Lipinski definition) is 4. The Balaban J connectivity index is 1.88. The first-order valence-corrected chi connectivity index (χ1v) is 6.55. The molecule has 0 atom stereocenters. The summed E-state index contributed by atoms with van der Waals surface area (Å²) < 4.78 is 18.3. The highest BCUT2D eigenvalue weighted by Gasteiger charge is 2.03. The van der Waals surface area contributed by atoms with Crippen molar-refractivity contribution < 1.29 is 9.13 Å². The maximum absolute atomic E-state index is 13.4. The van der Waals surface area contributed by atoms with E-state index < -0.39 is 0 Å². The number of nitrogens with one attached hydrogen (secondary N) is 1. The first-order chi connectivity index (χ1) is 8.69. The maximum atomic E-state index is 13.4. The number of thiazole rings is 1. The van der Waals surface area contributed by atoms with E-state index in [2.05, 4.69) is 10.3 Å². The van der Waals surface area contributed by atoms with E-state index in [1.54, 1.807) is 23.5 Å². The van der Waals surface area contributed by atoms with Gasteiger partial charge in [0, 0.05) is 35.8 Å². The lowest BCUT2D eigenvalue weighted by Crippen LogP contribution is -2.05. The number of methoxy groups -OCH3 is 1. The molecule has 0 saturated carbocycles. The van der Waals surface area contributed by atoms with Crippen molar-refractivity contribution in [1.82, 2.24) is 4.98 Å². The minimum absolute atomic E-state index is 0.260. The average Bonchev–Trinajstić information content (AvgIpc) is 2.75. The zero-order chi connectivity index (χ0) is 13.0. The molecule has 2 rings (SSSR count). The molecule has 0 aliphatic carbocycles. The molecule has 0 unspecified atom stereocenters. The Morgan fingerprint density at radius 2 is 2.28 bits per heavy atom. The van der Waals surface area contributed by atoms with Crippen LogP contribution < -0.4 is 10.1 Å². The molecule has 0 spiro atoms. The van der Waals surface area contributed by atoms with Crippen LogP contribution in [0.1, 0.15) is 10.7 Å². The Kier molecular flexibility index (Phi) is 4.15. The molecule has 0 fully saturated rings. The van der Waals surface area contributed by atoms with Gasteiger partial charge in [0.15, 0.2) is 11.6 Å². The smallest absolute Gasteiger partial charge is 0.167 e. The van der Waals surface area contributed by atoms with Crippen molar-refractivity contribution >= 4 is 17.0 Å². The number of nitrogens with zero attached hydrogens (tertiary/aromatic N) is 1. The van der Waals surface area contributed by atoms with Crippen LogP contribution in [-0.4, -0.2) is 18.6 Å². The lowest BCUT2D eigenvalue weighted by atomic mass is 10.3. The fourth-order valence-electron chi connectivity index (χ4n) is 1.61. The van der Waals surface area contributed by atoms with Gasteiger partial charge < -0.3 is 10.1 Å². The van der Waals surface area contributed by atoms with Gasteiger partial charge in [-0.25, -0.2) is 9.37 Å².